The Kier molecular flexibility index (Phi) is 9.44. The molecule has 3 nitrogen and oxygen atoms in total. The Balaban J connectivity index is 2.65. The lowest BCUT2D eigenvalue weighted by molar-refractivity contribution is 0.0954. The van der Waals surface area contributed by atoms with E-state index in [1.807, 2.05) is 0 Å². The molecular formula is C6H15NO2S. The van der Waals surface area contributed by atoms with Gasteiger partial charge in [-0.25, -0.2) is 0 Å². The molecule has 0 aliphatic carbocycles. The highest BCUT2D eigenvalue weighted by molar-refractivity contribution is 7.99. The van der Waals surface area contributed by atoms with E-state index < -0.39 is 0 Å². The molecule has 0 unspecified atom stereocenters. The minimum atomic E-state index is 0.670. The molecule has 0 spiro atoms. The minimum Gasteiger partial charge on any atom is -0.382 e. The first-order valence-corrected chi connectivity index (χ1v) is 4.41. The molecule has 0 rings (SSSR count). The van der Waals surface area contributed by atoms with Crippen LogP contribution in [-0.2, 0) is 9.47 Å². The Hall–Kier alpha value is 0.230. The predicted octanol–water partition coefficient (Wildman–Crippen LogP) is 0.299. The van der Waals surface area contributed by atoms with E-state index >= 15 is 0 Å². The van der Waals surface area contributed by atoms with Crippen LogP contribution in [0.5, 0.6) is 0 Å². The first-order chi connectivity index (χ1) is 4.91. The lowest BCUT2D eigenvalue weighted by atomic mass is 10.8. The molecule has 0 amide bonds. The van der Waals surface area contributed by atoms with Gasteiger partial charge in [0.1, 0.15) is 0 Å². The fourth-order valence-electron chi connectivity index (χ4n) is 0.402. The van der Waals surface area contributed by atoms with Gasteiger partial charge in [0, 0.05) is 19.4 Å². The third-order valence-electron chi connectivity index (χ3n) is 0.861. The van der Waals surface area contributed by atoms with Crippen LogP contribution < -0.4 is 5.73 Å². The number of thioether (sulfide) groups is 1. The van der Waals surface area contributed by atoms with Crippen molar-refractivity contribution in [1.29, 1.82) is 0 Å². The highest BCUT2D eigenvalue weighted by Gasteiger charge is 1.86. The lowest BCUT2D eigenvalue weighted by Gasteiger charge is -2.01. The van der Waals surface area contributed by atoms with Crippen LogP contribution in [0.1, 0.15) is 0 Å². The average molecular weight is 165 g/mol. The highest BCUT2D eigenvalue weighted by atomic mass is 32.2. The molecule has 0 aliphatic rings. The van der Waals surface area contributed by atoms with Crippen LogP contribution >= 0.6 is 11.8 Å². The summed E-state index contributed by atoms with van der Waals surface area (Å²) in [5, 5.41) is 0. The van der Waals surface area contributed by atoms with E-state index in [2.05, 4.69) is 0 Å². The Labute approximate surface area is 66.3 Å². The predicted molar refractivity (Wildman–Crippen MR) is 44.2 cm³/mol. The SMILES string of the molecule is COCCOCSCCN. The summed E-state index contributed by atoms with van der Waals surface area (Å²) >= 11 is 1.70. The van der Waals surface area contributed by atoms with Gasteiger partial charge in [0.25, 0.3) is 0 Å². The van der Waals surface area contributed by atoms with Gasteiger partial charge in [0.15, 0.2) is 0 Å². The molecule has 0 fully saturated rings. The van der Waals surface area contributed by atoms with E-state index in [-0.39, 0.29) is 0 Å². The monoisotopic (exact) mass is 165 g/mol. The van der Waals surface area contributed by atoms with E-state index in [0.29, 0.717) is 13.2 Å². The van der Waals surface area contributed by atoms with E-state index in [4.69, 9.17) is 15.2 Å². The molecule has 0 saturated carbocycles. The van der Waals surface area contributed by atoms with E-state index in [1.54, 1.807) is 18.9 Å². The van der Waals surface area contributed by atoms with Crippen LogP contribution in [0.15, 0.2) is 0 Å². The summed E-state index contributed by atoms with van der Waals surface area (Å²) in [5.74, 6) is 1.69. The first-order valence-electron chi connectivity index (χ1n) is 3.26. The summed E-state index contributed by atoms with van der Waals surface area (Å²) in [6.45, 7) is 2.07. The van der Waals surface area contributed by atoms with Crippen LogP contribution in [0.4, 0.5) is 0 Å². The maximum atomic E-state index is 5.27. The molecule has 2 N–H and O–H groups in total. The Morgan fingerprint density at radius 3 is 2.80 bits per heavy atom. The van der Waals surface area contributed by atoms with E-state index in [9.17, 15) is 0 Å². The van der Waals surface area contributed by atoms with Crippen molar-refractivity contribution < 1.29 is 9.47 Å². The fraction of sp³-hybridized carbons (Fsp3) is 1.00. The summed E-state index contributed by atoms with van der Waals surface area (Å²) in [6.07, 6.45) is 0. The number of ether oxygens (including phenoxy) is 2. The zero-order valence-corrected chi connectivity index (χ0v) is 7.15. The van der Waals surface area contributed by atoms with Crippen LogP contribution in [-0.4, -0.2) is 38.6 Å². The largest absolute Gasteiger partial charge is 0.382 e. The summed E-state index contributed by atoms with van der Waals surface area (Å²) in [4.78, 5) is 0. The second kappa shape index (κ2) is 9.23. The van der Waals surface area contributed by atoms with Gasteiger partial charge in [-0.2, -0.15) is 0 Å². The molecule has 0 atom stereocenters. The Morgan fingerprint density at radius 1 is 1.40 bits per heavy atom. The van der Waals surface area contributed by atoms with Crippen LogP contribution in [0.25, 0.3) is 0 Å². The second-order valence-electron chi connectivity index (χ2n) is 1.72. The van der Waals surface area contributed by atoms with Crippen molar-refractivity contribution in [1.82, 2.24) is 0 Å². The Bertz CT molecular complexity index is 55.7. The molecule has 4 heteroatoms. The average Bonchev–Trinajstić information content (AvgIpc) is 1.97. The summed E-state index contributed by atoms with van der Waals surface area (Å²) in [6, 6.07) is 0. The molecule has 0 aromatic rings. The highest BCUT2D eigenvalue weighted by Crippen LogP contribution is 1.97. The van der Waals surface area contributed by atoms with E-state index in [1.165, 1.54) is 0 Å². The molecule has 10 heavy (non-hydrogen) atoms. The van der Waals surface area contributed by atoms with Gasteiger partial charge in [0.05, 0.1) is 19.2 Å². The standard InChI is InChI=1S/C6H15NO2S/c1-8-3-4-9-6-10-5-2-7/h2-7H2,1H3. The lowest BCUT2D eigenvalue weighted by Crippen LogP contribution is -2.05. The third-order valence-corrected chi connectivity index (χ3v) is 1.72. The molecular weight excluding hydrogens is 150 g/mol. The van der Waals surface area contributed by atoms with Crippen LogP contribution in [0.2, 0.25) is 0 Å². The fourth-order valence-corrected chi connectivity index (χ4v) is 0.923. The zero-order valence-electron chi connectivity index (χ0n) is 6.34. The normalized spacial score (nSPS) is 10.2. The maximum absolute atomic E-state index is 5.27. The number of methoxy groups -OCH3 is 1. The third kappa shape index (κ3) is 8.23. The quantitative estimate of drug-likeness (QED) is 0.435. The number of rotatable bonds is 7. The second-order valence-corrected chi connectivity index (χ2v) is 2.77. The first kappa shape index (κ1) is 10.2. The van der Waals surface area contributed by atoms with Crippen LogP contribution in [0.3, 0.4) is 0 Å². The number of nitrogens with two attached hydrogens (primary N) is 1. The van der Waals surface area contributed by atoms with Crippen molar-refractivity contribution in [3.8, 4) is 0 Å². The minimum absolute atomic E-state index is 0.670. The summed E-state index contributed by atoms with van der Waals surface area (Å²) in [7, 11) is 1.66. The van der Waals surface area contributed by atoms with Crippen LogP contribution in [0, 0.1) is 0 Å². The number of hydrogen-bond donors (Lipinski definition) is 1. The summed E-state index contributed by atoms with van der Waals surface area (Å²) < 4.78 is 9.95. The number of hydrogen-bond acceptors (Lipinski definition) is 4. The molecule has 0 radical (unpaired) electrons. The topological polar surface area (TPSA) is 44.5 Å². The molecule has 0 heterocycles. The maximum Gasteiger partial charge on any atom is 0.0922 e. The van der Waals surface area contributed by atoms with Crippen molar-refractivity contribution in [2.24, 2.45) is 5.73 Å². The molecule has 0 aromatic heterocycles. The van der Waals surface area contributed by atoms with Gasteiger partial charge in [-0.3, -0.25) is 0 Å². The van der Waals surface area contributed by atoms with Gasteiger partial charge in [0.2, 0.25) is 0 Å². The van der Waals surface area contributed by atoms with Gasteiger partial charge < -0.3 is 15.2 Å². The molecule has 0 saturated heterocycles. The van der Waals surface area contributed by atoms with Gasteiger partial charge >= 0.3 is 0 Å². The van der Waals surface area contributed by atoms with Gasteiger partial charge in [-0.1, -0.05) is 0 Å². The van der Waals surface area contributed by atoms with Crippen molar-refractivity contribution >= 4 is 11.8 Å². The zero-order chi connectivity index (χ0) is 7.66. The van der Waals surface area contributed by atoms with Crippen molar-refractivity contribution in [3.63, 3.8) is 0 Å². The smallest absolute Gasteiger partial charge is 0.0922 e. The van der Waals surface area contributed by atoms with Crippen molar-refractivity contribution in [3.05, 3.63) is 0 Å². The Morgan fingerprint density at radius 2 is 2.20 bits per heavy atom. The molecule has 0 aromatic carbocycles. The molecule has 62 valence electrons. The van der Waals surface area contributed by atoms with Gasteiger partial charge in [-0.15, -0.1) is 11.8 Å². The molecule has 0 aliphatic heterocycles. The summed E-state index contributed by atoms with van der Waals surface area (Å²) in [5.41, 5.74) is 5.27. The van der Waals surface area contributed by atoms with Crippen molar-refractivity contribution in [2.75, 3.05) is 38.6 Å². The van der Waals surface area contributed by atoms with Crippen molar-refractivity contribution in [2.45, 2.75) is 0 Å². The molecule has 0 bridgehead atoms. The van der Waals surface area contributed by atoms with Gasteiger partial charge in [-0.05, 0) is 0 Å². The van der Waals surface area contributed by atoms with E-state index in [0.717, 1.165) is 18.2 Å².